The van der Waals surface area contributed by atoms with Gasteiger partial charge in [-0.15, -0.1) is 0 Å². The zero-order valence-corrected chi connectivity index (χ0v) is 8.62. The van der Waals surface area contributed by atoms with Crippen molar-refractivity contribution in [1.29, 1.82) is 0 Å². The second-order valence-electron chi connectivity index (χ2n) is 3.30. The molecule has 0 bridgehead atoms. The summed E-state index contributed by atoms with van der Waals surface area (Å²) in [6, 6.07) is 8.01. The van der Waals surface area contributed by atoms with Gasteiger partial charge < -0.3 is 5.32 Å². The Hall–Kier alpha value is -2.37. The molecule has 0 saturated carbocycles. The average molecular weight is 218 g/mol. The zero-order valence-electron chi connectivity index (χ0n) is 8.62. The normalized spacial score (nSPS) is 10.1. The van der Waals surface area contributed by atoms with Crippen molar-refractivity contribution in [2.45, 2.75) is 0 Å². The van der Waals surface area contributed by atoms with Crippen molar-refractivity contribution in [2.24, 2.45) is 7.05 Å². The molecule has 1 aromatic carbocycles. The molecule has 16 heavy (non-hydrogen) atoms. The smallest absolute Gasteiger partial charge is 0.269 e. The van der Waals surface area contributed by atoms with E-state index in [9.17, 15) is 10.1 Å². The standard InChI is InChI=1S/C10H10N4O2/c1-13-7-6-10(12-13)11-8-2-4-9(5-3-8)14(15)16/h2-7H,1H3,(H,11,12). The van der Waals surface area contributed by atoms with Gasteiger partial charge in [-0.2, -0.15) is 5.10 Å². The van der Waals surface area contributed by atoms with Crippen LogP contribution in [0.15, 0.2) is 36.5 Å². The van der Waals surface area contributed by atoms with Crippen LogP contribution in [0.25, 0.3) is 0 Å². The molecule has 1 heterocycles. The number of non-ortho nitro benzene ring substituents is 1. The van der Waals surface area contributed by atoms with Gasteiger partial charge in [-0.25, -0.2) is 0 Å². The van der Waals surface area contributed by atoms with Gasteiger partial charge in [-0.3, -0.25) is 14.8 Å². The molecule has 0 aliphatic heterocycles. The summed E-state index contributed by atoms with van der Waals surface area (Å²) >= 11 is 0. The van der Waals surface area contributed by atoms with Crippen molar-refractivity contribution in [1.82, 2.24) is 9.78 Å². The maximum atomic E-state index is 10.4. The van der Waals surface area contributed by atoms with Gasteiger partial charge in [0.2, 0.25) is 0 Å². The van der Waals surface area contributed by atoms with E-state index in [-0.39, 0.29) is 5.69 Å². The molecule has 0 atom stereocenters. The Morgan fingerprint density at radius 3 is 2.50 bits per heavy atom. The number of aryl methyl sites for hydroxylation is 1. The highest BCUT2D eigenvalue weighted by molar-refractivity contribution is 5.57. The first kappa shape index (κ1) is 10.2. The Kier molecular flexibility index (Phi) is 2.55. The molecule has 0 saturated heterocycles. The van der Waals surface area contributed by atoms with Crippen molar-refractivity contribution in [3.8, 4) is 0 Å². The number of anilines is 2. The summed E-state index contributed by atoms with van der Waals surface area (Å²) in [6.07, 6.45) is 1.81. The van der Waals surface area contributed by atoms with E-state index in [1.165, 1.54) is 12.1 Å². The van der Waals surface area contributed by atoms with Gasteiger partial charge in [0.1, 0.15) is 0 Å². The number of nitrogens with one attached hydrogen (secondary N) is 1. The Morgan fingerprint density at radius 2 is 2.00 bits per heavy atom. The lowest BCUT2D eigenvalue weighted by Gasteiger charge is -2.01. The van der Waals surface area contributed by atoms with Crippen LogP contribution in [0.1, 0.15) is 0 Å². The maximum Gasteiger partial charge on any atom is 0.269 e. The third kappa shape index (κ3) is 2.17. The molecule has 0 aliphatic rings. The third-order valence-electron chi connectivity index (χ3n) is 2.06. The number of hydrogen-bond acceptors (Lipinski definition) is 4. The maximum absolute atomic E-state index is 10.4. The van der Waals surface area contributed by atoms with Crippen LogP contribution < -0.4 is 5.32 Å². The Morgan fingerprint density at radius 1 is 1.31 bits per heavy atom. The highest BCUT2D eigenvalue weighted by atomic mass is 16.6. The molecule has 0 unspecified atom stereocenters. The van der Waals surface area contributed by atoms with Crippen LogP contribution in [0, 0.1) is 10.1 Å². The van der Waals surface area contributed by atoms with Gasteiger partial charge in [0.25, 0.3) is 5.69 Å². The molecule has 0 radical (unpaired) electrons. The van der Waals surface area contributed by atoms with Crippen molar-refractivity contribution < 1.29 is 4.92 Å². The van der Waals surface area contributed by atoms with Gasteiger partial charge in [0.15, 0.2) is 5.82 Å². The predicted octanol–water partition coefficient (Wildman–Crippen LogP) is 2.07. The van der Waals surface area contributed by atoms with Crippen LogP contribution in [-0.4, -0.2) is 14.7 Å². The third-order valence-corrected chi connectivity index (χ3v) is 2.06. The summed E-state index contributed by atoms with van der Waals surface area (Å²) in [7, 11) is 1.82. The fourth-order valence-corrected chi connectivity index (χ4v) is 1.30. The summed E-state index contributed by atoms with van der Waals surface area (Å²) < 4.78 is 1.67. The zero-order chi connectivity index (χ0) is 11.5. The second kappa shape index (κ2) is 4.01. The van der Waals surface area contributed by atoms with Crippen LogP contribution in [0.4, 0.5) is 17.2 Å². The van der Waals surface area contributed by atoms with Crippen molar-refractivity contribution in [2.75, 3.05) is 5.32 Å². The molecule has 2 rings (SSSR count). The summed E-state index contributed by atoms with van der Waals surface area (Å²) in [6.45, 7) is 0. The topological polar surface area (TPSA) is 73.0 Å². The van der Waals surface area contributed by atoms with E-state index in [1.807, 2.05) is 19.3 Å². The van der Waals surface area contributed by atoms with Crippen LogP contribution in [0.2, 0.25) is 0 Å². The van der Waals surface area contributed by atoms with E-state index < -0.39 is 4.92 Å². The number of aromatic nitrogens is 2. The SMILES string of the molecule is Cn1ccc(Nc2ccc([N+](=O)[O-])cc2)n1. The molecule has 0 amide bonds. The Labute approximate surface area is 91.7 Å². The first-order valence-corrected chi connectivity index (χ1v) is 4.66. The molecule has 1 N–H and O–H groups in total. The van der Waals surface area contributed by atoms with E-state index in [0.717, 1.165) is 5.69 Å². The van der Waals surface area contributed by atoms with E-state index >= 15 is 0 Å². The van der Waals surface area contributed by atoms with E-state index in [0.29, 0.717) is 5.82 Å². The highest BCUT2D eigenvalue weighted by Gasteiger charge is 2.04. The molecule has 1 aromatic heterocycles. The summed E-state index contributed by atoms with van der Waals surface area (Å²) in [5, 5.41) is 17.6. The molecule has 0 aliphatic carbocycles. The van der Waals surface area contributed by atoms with Gasteiger partial charge in [0, 0.05) is 37.1 Å². The average Bonchev–Trinajstić information content (AvgIpc) is 2.65. The van der Waals surface area contributed by atoms with Crippen molar-refractivity contribution in [3.63, 3.8) is 0 Å². The fraction of sp³-hybridized carbons (Fsp3) is 0.100. The molecular weight excluding hydrogens is 208 g/mol. The van der Waals surface area contributed by atoms with Crippen LogP contribution in [0.5, 0.6) is 0 Å². The summed E-state index contributed by atoms with van der Waals surface area (Å²) in [5.41, 5.74) is 0.843. The van der Waals surface area contributed by atoms with Crippen LogP contribution >= 0.6 is 0 Å². The lowest BCUT2D eigenvalue weighted by atomic mass is 10.3. The number of nitrogens with zero attached hydrogens (tertiary/aromatic N) is 3. The van der Waals surface area contributed by atoms with E-state index in [1.54, 1.807) is 16.8 Å². The Bertz CT molecular complexity index is 504. The van der Waals surface area contributed by atoms with Crippen molar-refractivity contribution in [3.05, 3.63) is 46.6 Å². The lowest BCUT2D eigenvalue weighted by molar-refractivity contribution is -0.384. The monoisotopic (exact) mass is 218 g/mol. The largest absolute Gasteiger partial charge is 0.339 e. The minimum absolute atomic E-state index is 0.0755. The Balaban J connectivity index is 2.14. The van der Waals surface area contributed by atoms with E-state index in [2.05, 4.69) is 10.4 Å². The number of hydrogen-bond donors (Lipinski definition) is 1. The minimum atomic E-state index is -0.426. The quantitative estimate of drug-likeness (QED) is 0.632. The fourth-order valence-electron chi connectivity index (χ4n) is 1.30. The molecule has 82 valence electrons. The predicted molar refractivity (Wildman–Crippen MR) is 59.6 cm³/mol. The van der Waals surface area contributed by atoms with Crippen LogP contribution in [0.3, 0.4) is 0 Å². The second-order valence-corrected chi connectivity index (χ2v) is 3.30. The van der Waals surface area contributed by atoms with Gasteiger partial charge in [-0.1, -0.05) is 0 Å². The van der Waals surface area contributed by atoms with E-state index in [4.69, 9.17) is 0 Å². The van der Waals surface area contributed by atoms with Gasteiger partial charge in [0.05, 0.1) is 4.92 Å². The minimum Gasteiger partial charge on any atom is -0.339 e. The number of nitro benzene ring substituents is 1. The molecule has 0 fully saturated rings. The van der Waals surface area contributed by atoms with Crippen molar-refractivity contribution >= 4 is 17.2 Å². The number of rotatable bonds is 3. The first-order valence-electron chi connectivity index (χ1n) is 4.66. The van der Waals surface area contributed by atoms with Gasteiger partial charge in [-0.05, 0) is 12.1 Å². The summed E-state index contributed by atoms with van der Waals surface area (Å²) in [5.74, 6) is 0.705. The van der Waals surface area contributed by atoms with Crippen LogP contribution in [-0.2, 0) is 7.05 Å². The molecule has 2 aromatic rings. The first-order chi connectivity index (χ1) is 7.65. The van der Waals surface area contributed by atoms with Gasteiger partial charge >= 0.3 is 0 Å². The lowest BCUT2D eigenvalue weighted by Crippen LogP contribution is -1.94. The summed E-state index contributed by atoms with van der Waals surface area (Å²) in [4.78, 5) is 10.0. The molecule has 6 nitrogen and oxygen atoms in total. The molecular formula is C10H10N4O2. The molecule has 6 heteroatoms. The highest BCUT2D eigenvalue weighted by Crippen LogP contribution is 2.18. The number of benzene rings is 1. The molecule has 0 spiro atoms. The number of nitro groups is 1.